The summed E-state index contributed by atoms with van der Waals surface area (Å²) in [6.07, 6.45) is 4.10. The van der Waals surface area contributed by atoms with Crippen LogP contribution in [0.15, 0.2) is 67.3 Å². The number of benzene rings is 2. The van der Waals surface area contributed by atoms with E-state index in [1.165, 1.54) is 12.8 Å². The molecule has 1 heterocycles. The molecule has 0 aliphatic heterocycles. The summed E-state index contributed by atoms with van der Waals surface area (Å²) in [6.45, 7) is 12.0. The molecule has 186 valence electrons. The smallest absolute Gasteiger partial charge is 0.227 e. The van der Waals surface area contributed by atoms with E-state index in [0.717, 1.165) is 35.0 Å². The highest BCUT2D eigenvalue weighted by Gasteiger charge is 2.31. The Morgan fingerprint density at radius 3 is 2.40 bits per heavy atom. The van der Waals surface area contributed by atoms with Crippen LogP contribution in [0.25, 0.3) is 5.69 Å². The van der Waals surface area contributed by atoms with E-state index in [9.17, 15) is 5.11 Å². The Labute approximate surface area is 208 Å². The van der Waals surface area contributed by atoms with Crippen LogP contribution in [-0.4, -0.2) is 45.6 Å². The highest BCUT2D eigenvalue weighted by molar-refractivity contribution is 5.46. The molecule has 1 aromatic heterocycles. The molecule has 1 N–H and O–H groups in total. The Bertz CT molecular complexity index is 1120. The van der Waals surface area contributed by atoms with Gasteiger partial charge in [0.1, 0.15) is 11.5 Å². The Kier molecular flexibility index (Phi) is 7.63. The van der Waals surface area contributed by atoms with E-state index in [4.69, 9.17) is 14.6 Å². The number of nitrogens with zero attached hydrogens (tertiary/aromatic N) is 3. The summed E-state index contributed by atoms with van der Waals surface area (Å²) in [5.41, 5.74) is 1.96. The Balaban J connectivity index is 1.79. The fraction of sp³-hybridized carbons (Fsp3) is 0.414. The fourth-order valence-electron chi connectivity index (χ4n) is 4.26. The highest BCUT2D eigenvalue weighted by Crippen LogP contribution is 2.37. The average Bonchev–Trinajstić information content (AvgIpc) is 3.60. The van der Waals surface area contributed by atoms with Gasteiger partial charge in [0.2, 0.25) is 5.88 Å². The molecule has 1 aliphatic rings. The minimum absolute atomic E-state index is 0.199. The van der Waals surface area contributed by atoms with Crippen molar-refractivity contribution in [3.05, 3.63) is 78.5 Å². The van der Waals surface area contributed by atoms with E-state index in [1.807, 2.05) is 66.2 Å². The van der Waals surface area contributed by atoms with Crippen LogP contribution in [0, 0.1) is 5.92 Å². The maximum absolute atomic E-state index is 10.8. The van der Waals surface area contributed by atoms with Gasteiger partial charge < -0.3 is 14.6 Å². The Morgan fingerprint density at radius 1 is 1.14 bits per heavy atom. The largest absolute Gasteiger partial charge is 0.497 e. The third-order valence-corrected chi connectivity index (χ3v) is 6.37. The molecule has 6 nitrogen and oxygen atoms in total. The predicted octanol–water partition coefficient (Wildman–Crippen LogP) is 5.95. The molecule has 6 heteroatoms. The second-order valence-corrected chi connectivity index (χ2v) is 10.0. The lowest BCUT2D eigenvalue weighted by atomic mass is 10.0. The molecule has 2 aromatic carbocycles. The van der Waals surface area contributed by atoms with Gasteiger partial charge in [-0.15, -0.1) is 6.58 Å². The van der Waals surface area contributed by atoms with Crippen LogP contribution in [0.4, 0.5) is 0 Å². The van der Waals surface area contributed by atoms with Gasteiger partial charge in [-0.1, -0.05) is 38.1 Å². The molecular weight excluding hydrogens is 438 g/mol. The van der Waals surface area contributed by atoms with Gasteiger partial charge in [0, 0.05) is 19.6 Å². The van der Waals surface area contributed by atoms with Crippen molar-refractivity contribution in [2.45, 2.75) is 51.7 Å². The maximum Gasteiger partial charge on any atom is 0.227 e. The van der Waals surface area contributed by atoms with Crippen LogP contribution in [-0.2, 0) is 6.54 Å². The fourth-order valence-corrected chi connectivity index (χ4v) is 4.26. The Morgan fingerprint density at radius 2 is 1.83 bits per heavy atom. The lowest BCUT2D eigenvalue weighted by Crippen LogP contribution is -2.40. The van der Waals surface area contributed by atoms with E-state index < -0.39 is 5.60 Å². The summed E-state index contributed by atoms with van der Waals surface area (Å²) in [7, 11) is 1.66. The number of ether oxygens (including phenoxy) is 2. The molecule has 0 saturated heterocycles. The minimum atomic E-state index is -0.973. The van der Waals surface area contributed by atoms with Gasteiger partial charge in [-0.25, -0.2) is 4.68 Å². The summed E-state index contributed by atoms with van der Waals surface area (Å²) in [5, 5.41) is 15.8. The predicted molar refractivity (Wildman–Crippen MR) is 140 cm³/mol. The first kappa shape index (κ1) is 25.0. The van der Waals surface area contributed by atoms with E-state index in [-0.39, 0.29) is 5.92 Å². The molecule has 0 amide bonds. The van der Waals surface area contributed by atoms with Crippen molar-refractivity contribution >= 4 is 0 Å². The zero-order valence-electron chi connectivity index (χ0n) is 21.3. The Hall–Kier alpha value is -3.09. The molecule has 4 rings (SSSR count). The van der Waals surface area contributed by atoms with Crippen molar-refractivity contribution in [3.8, 4) is 23.1 Å². The molecule has 1 saturated carbocycles. The van der Waals surface area contributed by atoms with E-state index in [2.05, 4.69) is 25.3 Å². The van der Waals surface area contributed by atoms with Gasteiger partial charge in [0.05, 0.1) is 29.7 Å². The molecule has 35 heavy (non-hydrogen) atoms. The van der Waals surface area contributed by atoms with Crippen LogP contribution < -0.4 is 9.47 Å². The lowest BCUT2D eigenvalue weighted by Gasteiger charge is -2.30. The summed E-state index contributed by atoms with van der Waals surface area (Å²) < 4.78 is 13.8. The van der Waals surface area contributed by atoms with E-state index >= 15 is 0 Å². The van der Waals surface area contributed by atoms with Crippen molar-refractivity contribution < 1.29 is 14.6 Å². The van der Waals surface area contributed by atoms with E-state index in [0.29, 0.717) is 24.9 Å². The monoisotopic (exact) mass is 475 g/mol. The van der Waals surface area contributed by atoms with Gasteiger partial charge >= 0.3 is 0 Å². The first-order chi connectivity index (χ1) is 16.8. The molecule has 0 radical (unpaired) electrons. The standard InChI is InChI=1S/C29H37N3O3/c1-6-29(4,33)20-31(18-22-12-13-22)19-26-27(21(2)3)30-32(23-14-16-24(34-5)17-15-23)28(26)35-25-10-8-7-9-11-25/h6-11,14-17,21-22,33H,1,12-13,18-20H2,2-5H3. The quantitative estimate of drug-likeness (QED) is 0.328. The third-order valence-electron chi connectivity index (χ3n) is 6.37. The maximum atomic E-state index is 10.8. The normalized spacial score (nSPS) is 15.3. The molecule has 0 bridgehead atoms. The third kappa shape index (κ3) is 6.32. The number of rotatable bonds is 12. The second kappa shape index (κ2) is 10.7. The lowest BCUT2D eigenvalue weighted by molar-refractivity contribution is 0.0564. The first-order valence-corrected chi connectivity index (χ1v) is 12.4. The van der Waals surface area contributed by atoms with Crippen molar-refractivity contribution in [2.75, 3.05) is 20.2 Å². The molecular formula is C29H37N3O3. The second-order valence-electron chi connectivity index (χ2n) is 10.0. The van der Waals surface area contributed by atoms with Crippen LogP contribution in [0.1, 0.15) is 50.8 Å². The van der Waals surface area contributed by atoms with Crippen LogP contribution >= 0.6 is 0 Å². The summed E-state index contributed by atoms with van der Waals surface area (Å²) in [5.74, 6) is 3.12. The number of aliphatic hydroxyl groups is 1. The van der Waals surface area contributed by atoms with Gasteiger partial charge in [-0.3, -0.25) is 4.90 Å². The summed E-state index contributed by atoms with van der Waals surface area (Å²) in [6, 6.07) is 17.6. The van der Waals surface area contributed by atoms with Crippen LogP contribution in [0.2, 0.25) is 0 Å². The molecule has 1 aliphatic carbocycles. The molecule has 1 fully saturated rings. The van der Waals surface area contributed by atoms with Gasteiger partial charge in [-0.2, -0.15) is 5.10 Å². The van der Waals surface area contributed by atoms with Crippen molar-refractivity contribution in [1.29, 1.82) is 0 Å². The number of hydrogen-bond donors (Lipinski definition) is 1. The molecule has 1 unspecified atom stereocenters. The zero-order chi connectivity index (χ0) is 25.0. The number of methoxy groups -OCH3 is 1. The number of hydrogen-bond acceptors (Lipinski definition) is 5. The van der Waals surface area contributed by atoms with Gasteiger partial charge in [-0.05, 0) is 68.0 Å². The van der Waals surface area contributed by atoms with Crippen molar-refractivity contribution in [1.82, 2.24) is 14.7 Å². The van der Waals surface area contributed by atoms with Crippen molar-refractivity contribution in [3.63, 3.8) is 0 Å². The van der Waals surface area contributed by atoms with Crippen LogP contribution in [0.5, 0.6) is 17.4 Å². The van der Waals surface area contributed by atoms with Crippen LogP contribution in [0.3, 0.4) is 0 Å². The average molecular weight is 476 g/mol. The highest BCUT2D eigenvalue weighted by atomic mass is 16.5. The minimum Gasteiger partial charge on any atom is -0.497 e. The number of para-hydroxylation sites is 1. The van der Waals surface area contributed by atoms with Gasteiger partial charge in [0.25, 0.3) is 0 Å². The number of aromatic nitrogens is 2. The molecule has 3 aromatic rings. The first-order valence-electron chi connectivity index (χ1n) is 12.4. The zero-order valence-corrected chi connectivity index (χ0v) is 21.3. The molecule has 0 spiro atoms. The molecule has 1 atom stereocenters. The summed E-state index contributed by atoms with van der Waals surface area (Å²) in [4.78, 5) is 2.32. The van der Waals surface area contributed by atoms with E-state index in [1.54, 1.807) is 13.2 Å². The van der Waals surface area contributed by atoms with Crippen molar-refractivity contribution in [2.24, 2.45) is 5.92 Å². The topological polar surface area (TPSA) is 59.8 Å². The van der Waals surface area contributed by atoms with Gasteiger partial charge in [0.15, 0.2) is 0 Å². The SMILES string of the molecule is C=CC(C)(O)CN(Cc1c(C(C)C)nn(-c2ccc(OC)cc2)c1Oc1ccccc1)CC1CC1. The summed E-state index contributed by atoms with van der Waals surface area (Å²) >= 11 is 0.